The molecule has 1 saturated heterocycles. The molecular formula is C18H24FN3O3. The molecule has 0 radical (unpaired) electrons. The molecule has 4 aliphatic rings. The predicted octanol–water partition coefficient (Wildman–Crippen LogP) is 1.33. The summed E-state index contributed by atoms with van der Waals surface area (Å²) >= 11 is 0. The number of imidazole rings is 1. The van der Waals surface area contributed by atoms with Crippen molar-refractivity contribution in [3.8, 4) is 0 Å². The molecule has 3 atom stereocenters. The molecule has 0 bridgehead atoms. The molecule has 7 heteroatoms. The number of carbonyl (C=O) groups is 1. The fourth-order valence-electron chi connectivity index (χ4n) is 4.23. The molecule has 2 aliphatic heterocycles. The van der Waals surface area contributed by atoms with Gasteiger partial charge in [-0.2, -0.15) is 0 Å². The zero-order valence-electron chi connectivity index (χ0n) is 14.9. The van der Waals surface area contributed by atoms with Gasteiger partial charge in [0.1, 0.15) is 34.7 Å². The molecule has 3 heterocycles. The first-order valence-corrected chi connectivity index (χ1v) is 9.15. The Balaban J connectivity index is 0.000000758. The minimum Gasteiger partial charge on any atom is -0.493 e. The monoisotopic (exact) mass is 349 g/mol. The maximum Gasteiger partial charge on any atom is 0.409 e. The molecule has 2 aliphatic carbocycles. The van der Waals surface area contributed by atoms with Crippen LogP contribution >= 0.6 is 0 Å². The summed E-state index contributed by atoms with van der Waals surface area (Å²) in [5.41, 5.74) is 0. The lowest BCUT2D eigenvalue weighted by molar-refractivity contribution is 0.132. The Bertz CT molecular complexity index is 831. The van der Waals surface area contributed by atoms with Gasteiger partial charge >= 0.3 is 6.09 Å². The van der Waals surface area contributed by atoms with Crippen molar-refractivity contribution in [2.45, 2.75) is 39.2 Å². The van der Waals surface area contributed by atoms with Crippen molar-refractivity contribution in [2.75, 3.05) is 26.8 Å². The second-order valence-electron chi connectivity index (χ2n) is 6.73. The van der Waals surface area contributed by atoms with Gasteiger partial charge in [0.05, 0.1) is 13.7 Å². The number of halogens is 1. The summed E-state index contributed by atoms with van der Waals surface area (Å²) in [6, 6.07) is 0. The molecule has 0 N–H and O–H groups in total. The van der Waals surface area contributed by atoms with Crippen LogP contribution in [0.5, 0.6) is 0 Å². The van der Waals surface area contributed by atoms with Crippen LogP contribution in [-0.2, 0) is 16.0 Å². The first kappa shape index (κ1) is 16.4. The zero-order chi connectivity index (χ0) is 17.7. The molecule has 0 aromatic carbocycles. The lowest BCUT2D eigenvalue weighted by Gasteiger charge is -2.21. The standard InChI is InChI=1S/C16H18FN3O3.C2H6/c1-22-16(21)19-3-2-8(7-19)15-18-12-11(17)9-6-10(9)14-13(12)20(15)4-5-23-14;1-2/h8-10H,2-7H2,1H3;1-2H3/t8-,9?,10?;/m0./s1. The van der Waals surface area contributed by atoms with Gasteiger partial charge < -0.3 is 18.9 Å². The molecule has 1 aromatic heterocycles. The average Bonchev–Trinajstić information content (AvgIpc) is 3.15. The number of nitrogens with zero attached hydrogens (tertiary/aromatic N) is 3. The van der Waals surface area contributed by atoms with Crippen LogP contribution in [0.15, 0.2) is 0 Å². The van der Waals surface area contributed by atoms with Gasteiger partial charge in [0.25, 0.3) is 0 Å². The van der Waals surface area contributed by atoms with E-state index >= 15 is 0 Å². The predicted molar refractivity (Wildman–Crippen MR) is 89.6 cm³/mol. The zero-order valence-corrected chi connectivity index (χ0v) is 14.9. The van der Waals surface area contributed by atoms with Crippen molar-refractivity contribution in [2.24, 2.45) is 11.8 Å². The summed E-state index contributed by atoms with van der Waals surface area (Å²) in [5.74, 6) is 2.05. The van der Waals surface area contributed by atoms with Crippen LogP contribution in [0.1, 0.15) is 38.4 Å². The van der Waals surface area contributed by atoms with Crippen molar-refractivity contribution < 1.29 is 18.7 Å². The Hall–Kier alpha value is -2.05. The second kappa shape index (κ2) is 6.04. The third kappa shape index (κ3) is 2.35. The molecule has 6 nitrogen and oxygen atoms in total. The van der Waals surface area contributed by atoms with E-state index in [1.807, 2.05) is 13.8 Å². The molecule has 0 spiro atoms. The van der Waals surface area contributed by atoms with Crippen LogP contribution in [0.25, 0.3) is 11.6 Å². The number of methoxy groups -OCH3 is 1. The van der Waals surface area contributed by atoms with E-state index in [9.17, 15) is 9.18 Å². The summed E-state index contributed by atoms with van der Waals surface area (Å²) < 4.78 is 27.3. The average molecular weight is 349 g/mol. The van der Waals surface area contributed by atoms with E-state index in [4.69, 9.17) is 9.47 Å². The molecule has 136 valence electrons. The fraction of sp³-hybridized carbons (Fsp3) is 0.667. The van der Waals surface area contributed by atoms with E-state index in [0.29, 0.717) is 31.6 Å². The Morgan fingerprint density at radius 1 is 1.32 bits per heavy atom. The third-order valence-corrected chi connectivity index (χ3v) is 5.47. The number of likely N-dealkylation sites (tertiary alicyclic amines) is 1. The van der Waals surface area contributed by atoms with E-state index in [-0.39, 0.29) is 29.7 Å². The van der Waals surface area contributed by atoms with Crippen molar-refractivity contribution in [1.82, 2.24) is 14.5 Å². The van der Waals surface area contributed by atoms with Gasteiger partial charge in [-0.25, -0.2) is 14.2 Å². The first-order chi connectivity index (χ1) is 12.2. The van der Waals surface area contributed by atoms with Crippen molar-refractivity contribution in [3.05, 3.63) is 16.5 Å². The van der Waals surface area contributed by atoms with Crippen LogP contribution in [0, 0.1) is 11.8 Å². The van der Waals surface area contributed by atoms with Crippen molar-refractivity contribution >= 4 is 17.7 Å². The third-order valence-electron chi connectivity index (χ3n) is 5.47. The quantitative estimate of drug-likeness (QED) is 0.768. The van der Waals surface area contributed by atoms with Crippen LogP contribution in [0.4, 0.5) is 9.18 Å². The van der Waals surface area contributed by atoms with E-state index < -0.39 is 0 Å². The summed E-state index contributed by atoms with van der Waals surface area (Å²) in [7, 11) is 1.39. The minimum atomic E-state index is -0.308. The van der Waals surface area contributed by atoms with Gasteiger partial charge in [-0.3, -0.25) is 0 Å². The van der Waals surface area contributed by atoms with Gasteiger partial charge in [0, 0.05) is 30.8 Å². The number of fused-ring (bicyclic) bond motifs is 2. The number of carbonyl (C=O) groups excluding carboxylic acids is 1. The Morgan fingerprint density at radius 3 is 2.88 bits per heavy atom. The highest BCUT2D eigenvalue weighted by atomic mass is 19.1. The topological polar surface area (TPSA) is 56.6 Å². The Kier molecular flexibility index (Phi) is 3.96. The Morgan fingerprint density at radius 2 is 2.12 bits per heavy atom. The molecule has 1 saturated carbocycles. The summed E-state index contributed by atoms with van der Waals surface area (Å²) in [4.78, 5) is 18.0. The molecule has 2 unspecified atom stereocenters. The van der Waals surface area contributed by atoms with E-state index in [0.717, 1.165) is 29.8 Å². The summed E-state index contributed by atoms with van der Waals surface area (Å²) in [5, 5.41) is 1.32. The number of hydrogen-bond donors (Lipinski definition) is 0. The molecule has 1 aromatic rings. The highest BCUT2D eigenvalue weighted by molar-refractivity contribution is 5.68. The maximum absolute atomic E-state index is 14.6. The maximum atomic E-state index is 14.6. The summed E-state index contributed by atoms with van der Waals surface area (Å²) in [6.07, 6.45) is 1.36. The number of amides is 1. The van der Waals surface area contributed by atoms with Gasteiger partial charge in [0.2, 0.25) is 0 Å². The van der Waals surface area contributed by atoms with Gasteiger partial charge in [-0.15, -0.1) is 0 Å². The molecule has 25 heavy (non-hydrogen) atoms. The van der Waals surface area contributed by atoms with Crippen molar-refractivity contribution in [1.29, 1.82) is 0 Å². The first-order valence-electron chi connectivity index (χ1n) is 9.15. The lowest BCUT2D eigenvalue weighted by atomic mass is 10.1. The van der Waals surface area contributed by atoms with E-state index in [1.54, 1.807) is 4.90 Å². The van der Waals surface area contributed by atoms with Gasteiger partial charge in [0.15, 0.2) is 0 Å². The highest BCUT2D eigenvalue weighted by Crippen LogP contribution is 2.51. The molecule has 2 fully saturated rings. The fourth-order valence-corrected chi connectivity index (χ4v) is 4.23. The van der Waals surface area contributed by atoms with E-state index in [2.05, 4.69) is 9.55 Å². The largest absolute Gasteiger partial charge is 0.493 e. The SMILES string of the molecule is CC.COC(=O)N1CC[C@H](c2nc3c4n2CCOC=4C2CC2C=3F)C1. The molecule has 5 rings (SSSR count). The molecular weight excluding hydrogens is 325 g/mol. The lowest BCUT2D eigenvalue weighted by Crippen LogP contribution is -2.41. The normalized spacial score (nSPS) is 28.5. The second-order valence-corrected chi connectivity index (χ2v) is 6.73. The van der Waals surface area contributed by atoms with Crippen molar-refractivity contribution in [3.63, 3.8) is 0 Å². The van der Waals surface area contributed by atoms with Crippen LogP contribution in [0.3, 0.4) is 0 Å². The number of ether oxygens (including phenoxy) is 2. The van der Waals surface area contributed by atoms with Gasteiger partial charge in [-0.1, -0.05) is 13.8 Å². The number of hydrogen-bond acceptors (Lipinski definition) is 4. The van der Waals surface area contributed by atoms with Crippen LogP contribution in [0.2, 0.25) is 0 Å². The highest BCUT2D eigenvalue weighted by Gasteiger charge is 2.50. The smallest absolute Gasteiger partial charge is 0.409 e. The molecule has 1 amide bonds. The number of aromatic nitrogens is 2. The Labute approximate surface area is 145 Å². The summed E-state index contributed by atoms with van der Waals surface area (Å²) in [6.45, 7) is 6.54. The van der Waals surface area contributed by atoms with Crippen LogP contribution in [-0.4, -0.2) is 47.4 Å². The number of rotatable bonds is 1. The van der Waals surface area contributed by atoms with Gasteiger partial charge in [-0.05, 0) is 12.8 Å². The van der Waals surface area contributed by atoms with Crippen LogP contribution < -0.4 is 10.7 Å². The minimum absolute atomic E-state index is 0.0260. The van der Waals surface area contributed by atoms with E-state index in [1.165, 1.54) is 7.11 Å².